The number of amides is 1. The van der Waals surface area contributed by atoms with E-state index in [0.29, 0.717) is 24.6 Å². The van der Waals surface area contributed by atoms with E-state index in [9.17, 15) is 4.79 Å². The van der Waals surface area contributed by atoms with Crippen molar-refractivity contribution in [1.82, 2.24) is 5.32 Å². The fourth-order valence-electron chi connectivity index (χ4n) is 1.50. The second-order valence-electron chi connectivity index (χ2n) is 4.15. The molecular weight excluding hydrogens is 348 g/mol. The molecule has 5 nitrogen and oxygen atoms in total. The van der Waals surface area contributed by atoms with Crippen molar-refractivity contribution in [3.8, 4) is 11.5 Å². The Kier molecular flexibility index (Phi) is 8.60. The quantitative estimate of drug-likeness (QED) is 0.807. The van der Waals surface area contributed by atoms with Gasteiger partial charge in [0, 0.05) is 23.5 Å². The zero-order chi connectivity index (χ0) is 14.4. The van der Waals surface area contributed by atoms with Gasteiger partial charge in [0.2, 0.25) is 5.91 Å². The van der Waals surface area contributed by atoms with Crippen LogP contribution in [0.1, 0.15) is 12.5 Å². The third-order valence-corrected chi connectivity index (χ3v) is 3.54. The molecule has 0 aliphatic rings. The number of halogens is 2. The van der Waals surface area contributed by atoms with Crippen LogP contribution in [0.2, 0.25) is 0 Å². The number of carbonyl (C=O) groups excluding carboxylic acids is 1. The fourth-order valence-corrected chi connectivity index (χ4v) is 1.96. The Labute approximate surface area is 133 Å². The van der Waals surface area contributed by atoms with Gasteiger partial charge in [-0.05, 0) is 17.7 Å². The summed E-state index contributed by atoms with van der Waals surface area (Å²) in [6.07, 6.45) is 0. The Bertz CT molecular complexity index is 457. The molecule has 7 heteroatoms. The van der Waals surface area contributed by atoms with Crippen LogP contribution in [0, 0.1) is 5.92 Å². The molecule has 20 heavy (non-hydrogen) atoms. The summed E-state index contributed by atoms with van der Waals surface area (Å²) in [4.78, 5) is 11.7. The third kappa shape index (κ3) is 4.85. The lowest BCUT2D eigenvalue weighted by Gasteiger charge is -2.14. The van der Waals surface area contributed by atoms with Gasteiger partial charge in [-0.15, -0.1) is 12.4 Å². The van der Waals surface area contributed by atoms with Crippen LogP contribution >= 0.6 is 28.3 Å². The third-order valence-electron chi connectivity index (χ3n) is 2.81. The number of ether oxygens (including phenoxy) is 2. The van der Waals surface area contributed by atoms with Crippen molar-refractivity contribution < 1.29 is 14.3 Å². The lowest BCUT2D eigenvalue weighted by atomic mass is 10.1. The van der Waals surface area contributed by atoms with Crippen LogP contribution in [0.5, 0.6) is 11.5 Å². The van der Waals surface area contributed by atoms with Crippen molar-refractivity contribution in [2.24, 2.45) is 11.7 Å². The Balaban J connectivity index is 0.00000361. The highest BCUT2D eigenvalue weighted by atomic mass is 79.9. The maximum Gasteiger partial charge on any atom is 0.224 e. The van der Waals surface area contributed by atoms with Gasteiger partial charge in [0.05, 0.1) is 14.2 Å². The number of nitrogens with two attached hydrogens (primary N) is 1. The maximum atomic E-state index is 11.7. The normalized spacial score (nSPS) is 11.2. The summed E-state index contributed by atoms with van der Waals surface area (Å²) in [7, 11) is 3.15. The van der Waals surface area contributed by atoms with Gasteiger partial charge in [0.25, 0.3) is 0 Å². The van der Waals surface area contributed by atoms with E-state index in [2.05, 4.69) is 21.2 Å². The molecule has 0 bridgehead atoms. The van der Waals surface area contributed by atoms with Crippen molar-refractivity contribution in [3.05, 3.63) is 22.2 Å². The first-order valence-electron chi connectivity index (χ1n) is 5.91. The van der Waals surface area contributed by atoms with E-state index in [0.717, 1.165) is 10.0 Å². The van der Waals surface area contributed by atoms with Crippen LogP contribution in [0.3, 0.4) is 0 Å². The van der Waals surface area contributed by atoms with Crippen molar-refractivity contribution in [2.45, 2.75) is 13.5 Å². The molecule has 0 heterocycles. The first kappa shape index (κ1) is 19.0. The molecule has 1 unspecified atom stereocenters. The van der Waals surface area contributed by atoms with Crippen molar-refractivity contribution in [2.75, 3.05) is 20.8 Å². The van der Waals surface area contributed by atoms with E-state index >= 15 is 0 Å². The Hall–Kier alpha value is -0.980. The second-order valence-corrected chi connectivity index (χ2v) is 5.01. The monoisotopic (exact) mass is 366 g/mol. The first-order chi connectivity index (χ1) is 9.03. The Morgan fingerprint density at radius 1 is 1.35 bits per heavy atom. The number of hydrogen-bond acceptors (Lipinski definition) is 4. The minimum atomic E-state index is -0.195. The van der Waals surface area contributed by atoms with Crippen LogP contribution < -0.4 is 20.5 Å². The standard InChI is InChI=1S/C13H19BrN2O3.ClH/c1-8(6-15)13(17)16-7-9-4-11(18-2)12(19-3)5-10(9)14;/h4-5,8H,6-7,15H2,1-3H3,(H,16,17);1H. The molecule has 1 rings (SSSR count). The zero-order valence-corrected chi connectivity index (χ0v) is 14.1. The van der Waals surface area contributed by atoms with Gasteiger partial charge >= 0.3 is 0 Å². The van der Waals surface area contributed by atoms with Gasteiger partial charge in [0.15, 0.2) is 11.5 Å². The number of nitrogens with one attached hydrogen (secondary N) is 1. The number of methoxy groups -OCH3 is 2. The number of benzene rings is 1. The Morgan fingerprint density at radius 2 is 1.90 bits per heavy atom. The minimum absolute atomic E-state index is 0. The lowest BCUT2D eigenvalue weighted by Crippen LogP contribution is -2.32. The SMILES string of the molecule is COc1cc(Br)c(CNC(=O)C(C)CN)cc1OC.Cl. The molecule has 0 fully saturated rings. The molecule has 0 spiro atoms. The molecule has 1 atom stereocenters. The summed E-state index contributed by atoms with van der Waals surface area (Å²) in [5.41, 5.74) is 6.36. The molecular formula is C13H20BrClN2O3. The van der Waals surface area contributed by atoms with Crippen LogP contribution in [0.25, 0.3) is 0 Å². The summed E-state index contributed by atoms with van der Waals surface area (Å²) in [5, 5.41) is 2.83. The van der Waals surface area contributed by atoms with Crippen molar-refractivity contribution in [3.63, 3.8) is 0 Å². The lowest BCUT2D eigenvalue weighted by molar-refractivity contribution is -0.124. The van der Waals surface area contributed by atoms with Gasteiger partial charge in [-0.25, -0.2) is 0 Å². The molecule has 0 aromatic heterocycles. The predicted octanol–water partition coefficient (Wildman–Crippen LogP) is 2.10. The highest BCUT2D eigenvalue weighted by molar-refractivity contribution is 9.10. The summed E-state index contributed by atoms with van der Waals surface area (Å²) in [6.45, 7) is 2.53. The van der Waals surface area contributed by atoms with Crippen molar-refractivity contribution >= 4 is 34.2 Å². The molecule has 0 saturated carbocycles. The molecule has 1 aromatic rings. The van der Waals surface area contributed by atoms with Gasteiger partial charge in [-0.3, -0.25) is 4.79 Å². The number of carbonyl (C=O) groups is 1. The van der Waals surface area contributed by atoms with Crippen molar-refractivity contribution in [1.29, 1.82) is 0 Å². The molecule has 114 valence electrons. The van der Waals surface area contributed by atoms with Crippen LogP contribution in [0.4, 0.5) is 0 Å². The number of hydrogen-bond donors (Lipinski definition) is 2. The summed E-state index contributed by atoms with van der Waals surface area (Å²) < 4.78 is 11.3. The van der Waals surface area contributed by atoms with E-state index < -0.39 is 0 Å². The van der Waals surface area contributed by atoms with Crippen LogP contribution in [-0.4, -0.2) is 26.7 Å². The van der Waals surface area contributed by atoms with Gasteiger partial charge in [0.1, 0.15) is 0 Å². The van der Waals surface area contributed by atoms with Gasteiger partial charge in [-0.2, -0.15) is 0 Å². The first-order valence-corrected chi connectivity index (χ1v) is 6.71. The minimum Gasteiger partial charge on any atom is -0.493 e. The molecule has 3 N–H and O–H groups in total. The number of rotatable bonds is 6. The molecule has 1 aromatic carbocycles. The highest BCUT2D eigenvalue weighted by Gasteiger charge is 2.13. The van der Waals surface area contributed by atoms with Gasteiger partial charge < -0.3 is 20.5 Å². The summed E-state index contributed by atoms with van der Waals surface area (Å²) in [5.74, 6) is 1.00. The topological polar surface area (TPSA) is 73.6 Å². The predicted molar refractivity (Wildman–Crippen MR) is 84.6 cm³/mol. The molecule has 0 aliphatic heterocycles. The highest BCUT2D eigenvalue weighted by Crippen LogP contribution is 2.33. The van der Waals surface area contributed by atoms with Crippen LogP contribution in [0.15, 0.2) is 16.6 Å². The van der Waals surface area contributed by atoms with Crippen LogP contribution in [-0.2, 0) is 11.3 Å². The van der Waals surface area contributed by atoms with E-state index in [1.165, 1.54) is 0 Å². The fraction of sp³-hybridized carbons (Fsp3) is 0.462. The van der Waals surface area contributed by atoms with E-state index in [1.54, 1.807) is 21.1 Å². The van der Waals surface area contributed by atoms with E-state index in [4.69, 9.17) is 15.2 Å². The molecule has 0 saturated heterocycles. The molecule has 0 aliphatic carbocycles. The van der Waals surface area contributed by atoms with E-state index in [-0.39, 0.29) is 24.2 Å². The summed E-state index contributed by atoms with van der Waals surface area (Å²) >= 11 is 3.44. The molecule has 0 radical (unpaired) electrons. The second kappa shape index (κ2) is 9.05. The average Bonchev–Trinajstić information content (AvgIpc) is 2.44. The molecule has 1 amide bonds. The smallest absolute Gasteiger partial charge is 0.224 e. The maximum absolute atomic E-state index is 11.7. The average molecular weight is 368 g/mol. The van der Waals surface area contributed by atoms with E-state index in [1.807, 2.05) is 12.1 Å². The Morgan fingerprint density at radius 3 is 2.40 bits per heavy atom. The zero-order valence-electron chi connectivity index (χ0n) is 11.7. The largest absolute Gasteiger partial charge is 0.493 e. The van der Waals surface area contributed by atoms with Gasteiger partial charge in [-0.1, -0.05) is 22.9 Å². The summed E-state index contributed by atoms with van der Waals surface area (Å²) in [6, 6.07) is 3.64.